The zero-order chi connectivity index (χ0) is 2.71. The third kappa shape index (κ3) is 21.5. The summed E-state index contributed by atoms with van der Waals surface area (Å²) in [4.78, 5) is 0. The first kappa shape index (κ1) is 9.22. The molecule has 0 aliphatic carbocycles. The molecule has 0 atom stereocenters. The highest BCUT2D eigenvalue weighted by molar-refractivity contribution is 5.94. The molecule has 0 saturated carbocycles. The molecule has 2 N–H and O–H groups in total. The molecule has 0 radical (unpaired) electrons. The van der Waals surface area contributed by atoms with Gasteiger partial charge in [0, 0.05) is 0 Å². The van der Waals surface area contributed by atoms with Gasteiger partial charge in [0.05, 0.1) is 0 Å². The van der Waals surface area contributed by atoms with Gasteiger partial charge in [0.2, 0.25) is 0 Å². The van der Waals surface area contributed by atoms with E-state index in [0.717, 1.165) is 0 Å². The summed E-state index contributed by atoms with van der Waals surface area (Å²) in [7, 11) is -1.42. The molecule has 4 heavy (non-hydrogen) atoms. The van der Waals surface area contributed by atoms with Crippen LogP contribution in [0.1, 0.15) is 1.43 Å². The molecule has 0 rings (SSSR count). The molecule has 0 aromatic rings. The highest BCUT2D eigenvalue weighted by atomic mass is 28.2. The van der Waals surface area contributed by atoms with Crippen LogP contribution in [0.15, 0.2) is 0 Å². The van der Waals surface area contributed by atoms with E-state index in [2.05, 4.69) is 0 Å². The molecule has 0 unspecified atom stereocenters. The lowest BCUT2D eigenvalue weighted by Crippen LogP contribution is -1.26. The molecule has 0 bridgehead atoms. The van der Waals surface area contributed by atoms with Crippen LogP contribution in [0, 0.1) is 0 Å². The third-order valence-corrected chi connectivity index (χ3v) is 0. The van der Waals surface area contributed by atoms with Gasteiger partial charge in [0.15, 0.2) is 0 Å². The summed E-state index contributed by atoms with van der Waals surface area (Å²) in [5.74, 6) is 0. The van der Waals surface area contributed by atoms with E-state index in [9.17, 15) is 0 Å². The normalized spacial score (nSPS) is 2.00. The summed E-state index contributed by atoms with van der Waals surface area (Å²) in [5.41, 5.74) is 0. The highest BCUT2D eigenvalue weighted by Gasteiger charge is 1.22. The van der Waals surface area contributed by atoms with Crippen LogP contribution in [-0.4, -0.2) is 14.8 Å². The molecule has 0 fully saturated rings. The monoisotopic (exact) mass is 79.0 g/mol. The van der Waals surface area contributed by atoms with Gasteiger partial charge in [-0.15, -0.1) is 0 Å². The number of hydrogen-bond donors (Lipinski definition) is 0. The van der Waals surface area contributed by atoms with E-state index < -0.39 is 9.29 Å². The molecule has 24 valence electrons. The molecular formula is H3O3Si+. The van der Waals surface area contributed by atoms with Crippen LogP contribution in [-0.2, 0) is 8.92 Å². The predicted octanol–water partition coefficient (Wildman–Crippen LogP) is -1.33. The Labute approximate surface area is 26.4 Å². The summed E-state index contributed by atoms with van der Waals surface area (Å²) in [6, 6.07) is 0. The molecule has 0 aliphatic rings. The van der Waals surface area contributed by atoms with Gasteiger partial charge in [-0.05, 0) is 0 Å². The van der Waals surface area contributed by atoms with Crippen molar-refractivity contribution < 1.29 is 15.8 Å². The van der Waals surface area contributed by atoms with Crippen molar-refractivity contribution >= 4 is 9.29 Å². The second-order valence-corrected chi connectivity index (χ2v) is 0.250. The topological polar surface area (TPSA) is 65.6 Å². The van der Waals surface area contributed by atoms with Crippen LogP contribution in [0.5, 0.6) is 0 Å². The van der Waals surface area contributed by atoms with Gasteiger partial charge >= 0.3 is 10.7 Å². The Morgan fingerprint density at radius 2 is 1.50 bits per heavy atom. The van der Waals surface area contributed by atoms with Gasteiger partial charge in [-0.25, -0.2) is 0 Å². The van der Waals surface area contributed by atoms with Gasteiger partial charge in [0.25, 0.3) is 0 Å². The van der Waals surface area contributed by atoms with E-state index in [-0.39, 0.29) is 6.90 Å². The fourth-order valence-corrected chi connectivity index (χ4v) is 0. The zero-order valence-corrected chi connectivity index (χ0v) is 2.82. The fourth-order valence-electron chi connectivity index (χ4n) is 0. The van der Waals surface area contributed by atoms with Crippen molar-refractivity contribution in [1.82, 2.24) is 0 Å². The second kappa shape index (κ2) is 14.5. The average molecular weight is 79.1 g/mol. The molecule has 0 saturated heterocycles. The molecule has 0 aromatic carbocycles. The van der Waals surface area contributed by atoms with Crippen LogP contribution < -0.4 is 0 Å². The van der Waals surface area contributed by atoms with Crippen molar-refractivity contribution in [3.05, 3.63) is 0 Å². The maximum Gasteiger partial charge on any atom is 1.00 e. The van der Waals surface area contributed by atoms with Crippen molar-refractivity contribution in [3.8, 4) is 0 Å². The van der Waals surface area contributed by atoms with Crippen LogP contribution in [0.25, 0.3) is 0 Å². The van der Waals surface area contributed by atoms with Crippen LogP contribution in [0.2, 0.25) is 0 Å². The van der Waals surface area contributed by atoms with E-state index in [0.29, 0.717) is 0 Å². The summed E-state index contributed by atoms with van der Waals surface area (Å²) in [6.45, 7) is 0. The Morgan fingerprint density at radius 1 is 1.50 bits per heavy atom. The maximum absolute atomic E-state index is 8.40. The SMILES string of the molecule is O.O=[Si]=O.[H+]. The van der Waals surface area contributed by atoms with Gasteiger partial charge in [0.1, 0.15) is 0 Å². The average Bonchev–Trinajstić information content (AvgIpc) is 0.918. The first-order valence-electron chi connectivity index (χ1n) is 0.408. The smallest absolute Gasteiger partial charge is 0.412 e. The third-order valence-electron chi connectivity index (χ3n) is 0. The Bertz CT molecular complexity index is 27.9. The van der Waals surface area contributed by atoms with Crippen molar-refractivity contribution in [2.75, 3.05) is 0 Å². The molecule has 0 spiro atoms. The molecule has 0 aromatic heterocycles. The summed E-state index contributed by atoms with van der Waals surface area (Å²) in [5, 5.41) is 0. The summed E-state index contributed by atoms with van der Waals surface area (Å²) >= 11 is 0. The second-order valence-electron chi connectivity index (χ2n) is 0.0833. The number of rotatable bonds is 0. The molecular weight excluding hydrogens is 76.1 g/mol. The first-order chi connectivity index (χ1) is 1.41. The van der Waals surface area contributed by atoms with E-state index in [4.69, 9.17) is 8.92 Å². The first-order valence-corrected chi connectivity index (χ1v) is 1.22. The van der Waals surface area contributed by atoms with Crippen LogP contribution in [0.4, 0.5) is 0 Å². The maximum atomic E-state index is 8.40. The number of hydrogen-bond acceptors (Lipinski definition) is 2. The van der Waals surface area contributed by atoms with Crippen LogP contribution >= 0.6 is 0 Å². The lowest BCUT2D eigenvalue weighted by Gasteiger charge is -0.944. The lowest BCUT2D eigenvalue weighted by atomic mass is 15.9. The molecule has 0 amide bonds. The van der Waals surface area contributed by atoms with E-state index in [1.165, 1.54) is 0 Å². The van der Waals surface area contributed by atoms with Crippen molar-refractivity contribution in [2.45, 2.75) is 0 Å². The van der Waals surface area contributed by atoms with E-state index in [1.807, 2.05) is 0 Å². The predicted molar refractivity (Wildman–Crippen MR) is 11.9 cm³/mol. The quantitative estimate of drug-likeness (QED) is 0.337. The zero-order valence-electron chi connectivity index (χ0n) is 2.82. The van der Waals surface area contributed by atoms with Crippen molar-refractivity contribution in [3.63, 3.8) is 0 Å². The Hall–Kier alpha value is -0.223. The minimum atomic E-state index is -1.42. The van der Waals surface area contributed by atoms with E-state index in [1.54, 1.807) is 0 Å². The molecule has 0 heterocycles. The summed E-state index contributed by atoms with van der Waals surface area (Å²) in [6.07, 6.45) is 0. The minimum absolute atomic E-state index is 0. The summed E-state index contributed by atoms with van der Waals surface area (Å²) < 4.78 is 16.8. The minimum Gasteiger partial charge on any atom is -0.412 e. The molecule has 3 nitrogen and oxygen atoms in total. The Kier molecular flexibility index (Phi) is 33.5. The van der Waals surface area contributed by atoms with E-state index >= 15 is 0 Å². The van der Waals surface area contributed by atoms with Gasteiger partial charge in [-0.3, -0.25) is 8.92 Å². The van der Waals surface area contributed by atoms with Gasteiger partial charge in [-0.2, -0.15) is 0 Å². The lowest BCUT2D eigenvalue weighted by molar-refractivity contribution is 0.497. The van der Waals surface area contributed by atoms with Crippen LogP contribution in [0.3, 0.4) is 0 Å². The van der Waals surface area contributed by atoms with Crippen molar-refractivity contribution in [2.24, 2.45) is 0 Å². The van der Waals surface area contributed by atoms with Crippen molar-refractivity contribution in [1.29, 1.82) is 0 Å². The largest absolute Gasteiger partial charge is 1.00 e. The Morgan fingerprint density at radius 3 is 1.50 bits per heavy atom. The Balaban J connectivity index is -0.0000000200. The molecule has 4 heteroatoms. The van der Waals surface area contributed by atoms with Gasteiger partial charge < -0.3 is 5.48 Å². The van der Waals surface area contributed by atoms with Gasteiger partial charge in [-0.1, -0.05) is 0 Å². The molecule has 0 aliphatic heterocycles. The highest BCUT2D eigenvalue weighted by Crippen LogP contribution is 0.759. The standard InChI is InChI=1S/O2Si.H2O/c1-3-2;/h;1H2/p+1. The fraction of sp³-hybridized carbons (Fsp3) is 0.